The van der Waals surface area contributed by atoms with Crippen molar-refractivity contribution in [3.63, 3.8) is 0 Å². The van der Waals surface area contributed by atoms with E-state index in [0.29, 0.717) is 12.0 Å². The number of hydrogen-bond donors (Lipinski definition) is 1. The highest BCUT2D eigenvalue weighted by Gasteiger charge is 2.21. The van der Waals surface area contributed by atoms with E-state index in [1.807, 2.05) is 0 Å². The summed E-state index contributed by atoms with van der Waals surface area (Å²) in [7, 11) is 0. The highest BCUT2D eigenvalue weighted by Crippen LogP contribution is 2.32. The molecular formula is C15H21N. The zero-order valence-electron chi connectivity index (χ0n) is 10.2. The molecule has 1 aromatic carbocycles. The van der Waals surface area contributed by atoms with Crippen LogP contribution < -0.4 is 5.32 Å². The maximum absolute atomic E-state index is 3.62. The number of unbranched alkanes of at least 4 members (excludes halogenated alkanes) is 1. The van der Waals surface area contributed by atoms with Gasteiger partial charge in [-0.05, 0) is 31.0 Å². The van der Waals surface area contributed by atoms with Gasteiger partial charge < -0.3 is 5.32 Å². The van der Waals surface area contributed by atoms with Crippen molar-refractivity contribution >= 4 is 6.08 Å². The fourth-order valence-electron chi connectivity index (χ4n) is 2.35. The minimum absolute atomic E-state index is 0.534. The molecule has 86 valence electrons. The van der Waals surface area contributed by atoms with Gasteiger partial charge in [-0.15, -0.1) is 0 Å². The molecule has 2 atom stereocenters. The van der Waals surface area contributed by atoms with Crippen LogP contribution in [-0.4, -0.2) is 12.6 Å². The third kappa shape index (κ3) is 2.35. The Hall–Kier alpha value is -1.08. The van der Waals surface area contributed by atoms with Crippen molar-refractivity contribution < 1.29 is 0 Å². The number of nitrogens with one attached hydrogen (secondary N) is 1. The van der Waals surface area contributed by atoms with Gasteiger partial charge >= 0.3 is 0 Å². The second-order valence-electron chi connectivity index (χ2n) is 4.61. The first kappa shape index (κ1) is 11.4. The van der Waals surface area contributed by atoms with E-state index in [-0.39, 0.29) is 0 Å². The first-order valence-corrected chi connectivity index (χ1v) is 6.33. The molecule has 1 heteroatoms. The van der Waals surface area contributed by atoms with E-state index in [4.69, 9.17) is 0 Å². The van der Waals surface area contributed by atoms with Crippen LogP contribution in [0.15, 0.2) is 30.3 Å². The van der Waals surface area contributed by atoms with E-state index in [0.717, 1.165) is 6.54 Å². The summed E-state index contributed by atoms with van der Waals surface area (Å²) in [5.74, 6) is 0.549. The van der Waals surface area contributed by atoms with Gasteiger partial charge in [0, 0.05) is 12.0 Å². The molecule has 0 amide bonds. The summed E-state index contributed by atoms with van der Waals surface area (Å²) in [5.41, 5.74) is 2.86. The van der Waals surface area contributed by atoms with Crippen LogP contribution in [0.3, 0.4) is 0 Å². The molecule has 0 radical (unpaired) electrons. The Morgan fingerprint density at radius 1 is 1.31 bits per heavy atom. The number of rotatable bonds is 5. The van der Waals surface area contributed by atoms with E-state index in [2.05, 4.69) is 55.6 Å². The molecule has 0 aromatic heterocycles. The molecule has 16 heavy (non-hydrogen) atoms. The van der Waals surface area contributed by atoms with Crippen molar-refractivity contribution in [2.24, 2.45) is 0 Å². The first-order valence-electron chi connectivity index (χ1n) is 6.33. The molecule has 0 fully saturated rings. The van der Waals surface area contributed by atoms with Crippen LogP contribution in [0.4, 0.5) is 0 Å². The lowest BCUT2D eigenvalue weighted by atomic mass is 9.94. The van der Waals surface area contributed by atoms with Gasteiger partial charge in [0.05, 0.1) is 0 Å². The summed E-state index contributed by atoms with van der Waals surface area (Å²) < 4.78 is 0. The molecule has 1 nitrogen and oxygen atoms in total. The predicted octanol–water partition coefficient (Wildman–Crippen LogP) is 3.58. The molecule has 0 aliphatic heterocycles. The Bertz CT molecular complexity index is 367. The largest absolute Gasteiger partial charge is 0.313 e. The second-order valence-corrected chi connectivity index (χ2v) is 4.61. The van der Waals surface area contributed by atoms with Crippen LogP contribution in [0.5, 0.6) is 0 Å². The zero-order valence-corrected chi connectivity index (χ0v) is 10.2. The fourth-order valence-corrected chi connectivity index (χ4v) is 2.35. The average molecular weight is 215 g/mol. The molecule has 1 aromatic rings. The van der Waals surface area contributed by atoms with Crippen molar-refractivity contribution in [2.45, 2.75) is 38.6 Å². The van der Waals surface area contributed by atoms with Gasteiger partial charge in [0.2, 0.25) is 0 Å². The van der Waals surface area contributed by atoms with Gasteiger partial charge in [0.25, 0.3) is 0 Å². The monoisotopic (exact) mass is 215 g/mol. The van der Waals surface area contributed by atoms with Gasteiger partial charge in [0.15, 0.2) is 0 Å². The molecule has 2 rings (SSSR count). The molecule has 0 saturated heterocycles. The van der Waals surface area contributed by atoms with Gasteiger partial charge in [-0.3, -0.25) is 0 Å². The van der Waals surface area contributed by atoms with Crippen LogP contribution in [0.25, 0.3) is 6.08 Å². The van der Waals surface area contributed by atoms with E-state index in [1.54, 1.807) is 0 Å². The van der Waals surface area contributed by atoms with Gasteiger partial charge in [-0.2, -0.15) is 0 Å². The van der Waals surface area contributed by atoms with Crippen LogP contribution in [-0.2, 0) is 0 Å². The Morgan fingerprint density at radius 2 is 2.12 bits per heavy atom. The minimum atomic E-state index is 0.534. The van der Waals surface area contributed by atoms with Crippen molar-refractivity contribution in [1.82, 2.24) is 5.32 Å². The molecule has 0 heterocycles. The third-order valence-corrected chi connectivity index (χ3v) is 3.37. The number of benzene rings is 1. The van der Waals surface area contributed by atoms with E-state index < -0.39 is 0 Å². The maximum Gasteiger partial charge on any atom is 0.0178 e. The number of fused-ring (bicyclic) bond motifs is 1. The summed E-state index contributed by atoms with van der Waals surface area (Å²) in [4.78, 5) is 0. The highest BCUT2D eigenvalue weighted by atomic mass is 14.9. The first-order chi connectivity index (χ1) is 7.83. The Kier molecular flexibility index (Phi) is 3.79. The molecule has 1 aliphatic rings. The normalized spacial score (nSPS) is 19.8. The van der Waals surface area contributed by atoms with E-state index in [1.165, 1.54) is 24.0 Å². The smallest absolute Gasteiger partial charge is 0.0178 e. The van der Waals surface area contributed by atoms with Crippen LogP contribution in [0, 0.1) is 0 Å². The van der Waals surface area contributed by atoms with Crippen molar-refractivity contribution in [3.8, 4) is 0 Å². The zero-order chi connectivity index (χ0) is 11.4. The quantitative estimate of drug-likeness (QED) is 0.740. The second kappa shape index (κ2) is 5.31. The Balaban J connectivity index is 1.99. The number of hydrogen-bond acceptors (Lipinski definition) is 1. The third-order valence-electron chi connectivity index (χ3n) is 3.37. The molecule has 0 saturated carbocycles. The van der Waals surface area contributed by atoms with Crippen LogP contribution in [0.2, 0.25) is 0 Å². The average Bonchev–Trinajstić information content (AvgIpc) is 2.73. The lowest BCUT2D eigenvalue weighted by Crippen LogP contribution is -2.31. The standard InChI is InChI=1S/C15H21N/c1-3-4-11-16-12(2)14-10-9-13-7-5-6-8-15(13)14/h5-10,12,14,16H,3-4,11H2,1-2H3. The Labute approximate surface area is 98.6 Å². The van der Waals surface area contributed by atoms with Crippen LogP contribution in [0.1, 0.15) is 43.7 Å². The van der Waals surface area contributed by atoms with Gasteiger partial charge in [-0.25, -0.2) is 0 Å². The maximum atomic E-state index is 3.62. The predicted molar refractivity (Wildman–Crippen MR) is 70.6 cm³/mol. The lowest BCUT2D eigenvalue weighted by Gasteiger charge is -2.21. The van der Waals surface area contributed by atoms with Crippen molar-refractivity contribution in [1.29, 1.82) is 0 Å². The summed E-state index contributed by atoms with van der Waals surface area (Å²) in [6, 6.07) is 9.23. The SMILES string of the molecule is CCCCNC(C)C1C=Cc2ccccc21. The van der Waals surface area contributed by atoms with Gasteiger partial charge in [-0.1, -0.05) is 49.8 Å². The molecule has 1 N–H and O–H groups in total. The summed E-state index contributed by atoms with van der Waals surface area (Å²) in [6.45, 7) is 5.65. The minimum Gasteiger partial charge on any atom is -0.313 e. The van der Waals surface area contributed by atoms with E-state index in [9.17, 15) is 0 Å². The summed E-state index contributed by atoms with van der Waals surface area (Å²) in [6.07, 6.45) is 7.10. The Morgan fingerprint density at radius 3 is 2.94 bits per heavy atom. The van der Waals surface area contributed by atoms with Crippen molar-refractivity contribution in [3.05, 3.63) is 41.5 Å². The molecule has 2 unspecified atom stereocenters. The summed E-state index contributed by atoms with van der Waals surface area (Å²) >= 11 is 0. The van der Waals surface area contributed by atoms with E-state index >= 15 is 0 Å². The van der Waals surface area contributed by atoms with Crippen molar-refractivity contribution in [2.75, 3.05) is 6.54 Å². The summed E-state index contributed by atoms with van der Waals surface area (Å²) in [5, 5.41) is 3.62. The highest BCUT2D eigenvalue weighted by molar-refractivity contribution is 5.62. The molecule has 0 bridgehead atoms. The molecule has 1 aliphatic carbocycles. The molecule has 0 spiro atoms. The fraction of sp³-hybridized carbons (Fsp3) is 0.467. The van der Waals surface area contributed by atoms with Gasteiger partial charge in [0.1, 0.15) is 0 Å². The lowest BCUT2D eigenvalue weighted by molar-refractivity contribution is 0.501. The topological polar surface area (TPSA) is 12.0 Å². The van der Waals surface area contributed by atoms with Crippen LogP contribution >= 0.6 is 0 Å². The molecular weight excluding hydrogens is 194 g/mol.